The molecule has 31 heavy (non-hydrogen) atoms. The van der Waals surface area contributed by atoms with Crippen LogP contribution in [-0.2, 0) is 0 Å². The topological polar surface area (TPSA) is 67.8 Å². The summed E-state index contributed by atoms with van der Waals surface area (Å²) in [7, 11) is 0. The van der Waals surface area contributed by atoms with Crippen LogP contribution in [-0.4, -0.2) is 53.7 Å². The lowest BCUT2D eigenvalue weighted by atomic mass is 10.1. The highest BCUT2D eigenvalue weighted by molar-refractivity contribution is 6.33. The van der Waals surface area contributed by atoms with E-state index in [0.29, 0.717) is 37.9 Å². The number of hydrogen-bond donors (Lipinski definition) is 0. The van der Waals surface area contributed by atoms with Crippen LogP contribution in [0.2, 0.25) is 5.02 Å². The summed E-state index contributed by atoms with van der Waals surface area (Å²) in [6.07, 6.45) is 1.71. The Bertz CT molecular complexity index is 1150. The van der Waals surface area contributed by atoms with Crippen LogP contribution in [0.25, 0.3) is 11.3 Å². The number of piperazine rings is 1. The molecule has 1 saturated heterocycles. The lowest BCUT2D eigenvalue weighted by molar-refractivity contribution is 0.0746. The molecule has 3 heterocycles. The molecule has 0 N–H and O–H groups in total. The molecule has 1 aromatic heterocycles. The van der Waals surface area contributed by atoms with Crippen molar-refractivity contribution >= 4 is 23.5 Å². The molecule has 1 amide bonds. The number of anilines is 1. The Kier molecular flexibility index (Phi) is 5.07. The molecule has 3 aromatic rings. The van der Waals surface area contributed by atoms with E-state index in [1.807, 2.05) is 29.2 Å². The number of carbonyl (C=O) groups is 1. The quantitative estimate of drug-likeness (QED) is 0.619. The fraction of sp³-hybridized carbons (Fsp3) is 0.227. The first-order valence-corrected chi connectivity index (χ1v) is 10.2. The van der Waals surface area contributed by atoms with Gasteiger partial charge in [0, 0.05) is 37.9 Å². The number of rotatable bonds is 3. The molecule has 7 nitrogen and oxygen atoms in total. The zero-order valence-electron chi connectivity index (χ0n) is 16.4. The van der Waals surface area contributed by atoms with Gasteiger partial charge in [0.1, 0.15) is 5.82 Å². The number of fused-ring (bicyclic) bond motifs is 1. The molecule has 0 aliphatic carbocycles. The summed E-state index contributed by atoms with van der Waals surface area (Å²) in [5.41, 5.74) is 1.85. The van der Waals surface area contributed by atoms with Gasteiger partial charge in [-0.2, -0.15) is 0 Å². The fourth-order valence-electron chi connectivity index (χ4n) is 3.66. The standard InChI is InChI=1S/C22H18ClFN4O3/c23-17-3-2-15(24)12-16(17)21(29)27-7-9-28(10-8-27)22-25-6-5-18(26-22)14-1-4-19-20(11-14)31-13-30-19/h1-6,11-12H,7-10,13H2. The number of nitrogens with zero attached hydrogens (tertiary/aromatic N) is 4. The molecule has 9 heteroatoms. The van der Waals surface area contributed by atoms with Crippen molar-refractivity contribution in [3.63, 3.8) is 0 Å². The van der Waals surface area contributed by atoms with Gasteiger partial charge in [0.15, 0.2) is 11.5 Å². The van der Waals surface area contributed by atoms with Gasteiger partial charge in [0.25, 0.3) is 5.91 Å². The summed E-state index contributed by atoms with van der Waals surface area (Å²) in [4.78, 5) is 25.5. The van der Waals surface area contributed by atoms with E-state index in [9.17, 15) is 9.18 Å². The van der Waals surface area contributed by atoms with Gasteiger partial charge < -0.3 is 19.3 Å². The van der Waals surface area contributed by atoms with Crippen molar-refractivity contribution in [2.24, 2.45) is 0 Å². The predicted molar refractivity (Wildman–Crippen MR) is 113 cm³/mol. The first-order valence-electron chi connectivity index (χ1n) is 9.81. The lowest BCUT2D eigenvalue weighted by Crippen LogP contribution is -2.49. The van der Waals surface area contributed by atoms with Gasteiger partial charge in [0.05, 0.1) is 16.3 Å². The maximum atomic E-state index is 13.5. The molecule has 5 rings (SSSR count). The molecule has 0 radical (unpaired) electrons. The van der Waals surface area contributed by atoms with Crippen molar-refractivity contribution in [3.8, 4) is 22.8 Å². The van der Waals surface area contributed by atoms with Crippen LogP contribution in [0.3, 0.4) is 0 Å². The molecule has 158 valence electrons. The number of aromatic nitrogens is 2. The van der Waals surface area contributed by atoms with E-state index < -0.39 is 5.82 Å². The van der Waals surface area contributed by atoms with Gasteiger partial charge in [0.2, 0.25) is 12.7 Å². The molecule has 2 aromatic carbocycles. The summed E-state index contributed by atoms with van der Waals surface area (Å²) < 4.78 is 24.3. The van der Waals surface area contributed by atoms with E-state index in [4.69, 9.17) is 26.1 Å². The molecular formula is C22H18ClFN4O3. The average Bonchev–Trinajstić information content (AvgIpc) is 3.28. The summed E-state index contributed by atoms with van der Waals surface area (Å²) in [5, 5.41) is 0.244. The highest BCUT2D eigenvalue weighted by atomic mass is 35.5. The summed E-state index contributed by atoms with van der Waals surface area (Å²) in [6.45, 7) is 2.26. The summed E-state index contributed by atoms with van der Waals surface area (Å²) in [5.74, 6) is 1.24. The van der Waals surface area contributed by atoms with Crippen LogP contribution in [0.15, 0.2) is 48.7 Å². The minimum Gasteiger partial charge on any atom is -0.454 e. The van der Waals surface area contributed by atoms with Crippen LogP contribution in [0.4, 0.5) is 10.3 Å². The van der Waals surface area contributed by atoms with Gasteiger partial charge in [-0.05, 0) is 42.5 Å². The normalized spacial score (nSPS) is 15.3. The minimum atomic E-state index is -0.486. The highest BCUT2D eigenvalue weighted by Gasteiger charge is 2.25. The van der Waals surface area contributed by atoms with Gasteiger partial charge in [-0.15, -0.1) is 0 Å². The maximum Gasteiger partial charge on any atom is 0.255 e. The Balaban J connectivity index is 1.29. The fourth-order valence-corrected chi connectivity index (χ4v) is 3.86. The monoisotopic (exact) mass is 440 g/mol. The van der Waals surface area contributed by atoms with Crippen LogP contribution in [0, 0.1) is 5.82 Å². The molecule has 2 aliphatic rings. The van der Waals surface area contributed by atoms with Crippen molar-refractivity contribution in [1.29, 1.82) is 0 Å². The van der Waals surface area contributed by atoms with E-state index in [2.05, 4.69) is 4.98 Å². The number of carbonyl (C=O) groups excluding carboxylic acids is 1. The van der Waals surface area contributed by atoms with E-state index >= 15 is 0 Å². The summed E-state index contributed by atoms with van der Waals surface area (Å²) >= 11 is 6.08. The number of benzene rings is 2. The number of ether oxygens (including phenoxy) is 2. The van der Waals surface area contributed by atoms with E-state index in [1.165, 1.54) is 18.2 Å². The van der Waals surface area contributed by atoms with Gasteiger partial charge >= 0.3 is 0 Å². The second-order valence-corrected chi connectivity index (χ2v) is 7.62. The Labute approximate surface area is 183 Å². The zero-order chi connectivity index (χ0) is 21.4. The number of hydrogen-bond acceptors (Lipinski definition) is 6. The molecule has 0 bridgehead atoms. The first-order chi connectivity index (χ1) is 15.1. The molecule has 0 saturated carbocycles. The van der Waals surface area contributed by atoms with Crippen molar-refractivity contribution in [1.82, 2.24) is 14.9 Å². The van der Waals surface area contributed by atoms with Crippen molar-refractivity contribution in [3.05, 3.63) is 65.1 Å². The second-order valence-electron chi connectivity index (χ2n) is 7.21. The minimum absolute atomic E-state index is 0.177. The Morgan fingerprint density at radius 3 is 2.65 bits per heavy atom. The third-order valence-electron chi connectivity index (χ3n) is 5.32. The summed E-state index contributed by atoms with van der Waals surface area (Å²) in [6, 6.07) is 11.3. The molecule has 0 spiro atoms. The average molecular weight is 441 g/mol. The van der Waals surface area contributed by atoms with Crippen molar-refractivity contribution < 1.29 is 18.7 Å². The number of halogens is 2. The van der Waals surface area contributed by atoms with Gasteiger partial charge in [-0.3, -0.25) is 4.79 Å². The van der Waals surface area contributed by atoms with Gasteiger partial charge in [-0.25, -0.2) is 14.4 Å². The first kappa shape index (κ1) is 19.6. The predicted octanol–water partition coefficient (Wildman–Crippen LogP) is 3.63. The van der Waals surface area contributed by atoms with Crippen molar-refractivity contribution in [2.75, 3.05) is 37.9 Å². The Hall–Kier alpha value is -3.39. The largest absolute Gasteiger partial charge is 0.454 e. The third-order valence-corrected chi connectivity index (χ3v) is 5.65. The number of amides is 1. The van der Waals surface area contributed by atoms with Crippen LogP contribution in [0.5, 0.6) is 11.5 Å². The second kappa shape index (κ2) is 8.03. The maximum absolute atomic E-state index is 13.5. The molecular weight excluding hydrogens is 423 g/mol. The highest BCUT2D eigenvalue weighted by Crippen LogP contribution is 2.35. The van der Waals surface area contributed by atoms with Crippen LogP contribution < -0.4 is 14.4 Å². The Morgan fingerprint density at radius 1 is 1.00 bits per heavy atom. The van der Waals surface area contributed by atoms with E-state index in [0.717, 1.165) is 17.0 Å². The molecule has 2 aliphatic heterocycles. The van der Waals surface area contributed by atoms with Crippen LogP contribution >= 0.6 is 11.6 Å². The zero-order valence-corrected chi connectivity index (χ0v) is 17.2. The Morgan fingerprint density at radius 2 is 1.81 bits per heavy atom. The SMILES string of the molecule is O=C(c1cc(F)ccc1Cl)N1CCN(c2nccc(-c3ccc4c(c3)OCO4)n2)CC1. The third kappa shape index (κ3) is 3.86. The molecule has 0 unspecified atom stereocenters. The van der Waals surface area contributed by atoms with E-state index in [1.54, 1.807) is 11.1 Å². The molecule has 1 fully saturated rings. The lowest BCUT2D eigenvalue weighted by Gasteiger charge is -2.35. The van der Waals surface area contributed by atoms with Crippen LogP contribution in [0.1, 0.15) is 10.4 Å². The van der Waals surface area contributed by atoms with Crippen molar-refractivity contribution in [2.45, 2.75) is 0 Å². The van der Waals surface area contributed by atoms with Gasteiger partial charge in [-0.1, -0.05) is 11.6 Å². The smallest absolute Gasteiger partial charge is 0.255 e. The molecule has 0 atom stereocenters. The van der Waals surface area contributed by atoms with E-state index in [-0.39, 0.29) is 23.3 Å².